The van der Waals surface area contributed by atoms with Gasteiger partial charge in [-0.1, -0.05) is 78.4 Å². The van der Waals surface area contributed by atoms with Gasteiger partial charge in [-0.3, -0.25) is 4.79 Å². The number of nitrogens with one attached hydrogen (secondary N) is 2. The summed E-state index contributed by atoms with van der Waals surface area (Å²) in [5.41, 5.74) is 6.01. The van der Waals surface area contributed by atoms with E-state index in [0.29, 0.717) is 13.1 Å². The minimum absolute atomic E-state index is 0.0582. The molecule has 1 atom stereocenters. The number of quaternary nitrogens is 1. The molecule has 152 valence electrons. The molecule has 0 bridgehead atoms. The second-order valence-corrected chi connectivity index (χ2v) is 7.70. The molecule has 4 nitrogen and oxygen atoms in total. The molecule has 1 aromatic heterocycles. The maximum Gasteiger partial charge on any atom is 0.275 e. The van der Waals surface area contributed by atoms with E-state index in [9.17, 15) is 4.79 Å². The van der Waals surface area contributed by atoms with Crippen molar-refractivity contribution in [1.82, 2.24) is 10.3 Å². The van der Waals surface area contributed by atoms with Crippen LogP contribution in [0.1, 0.15) is 28.3 Å². The summed E-state index contributed by atoms with van der Waals surface area (Å²) in [6, 6.07) is 27.3. The van der Waals surface area contributed by atoms with E-state index in [0.717, 1.165) is 11.9 Å². The van der Waals surface area contributed by atoms with Gasteiger partial charge in [-0.2, -0.15) is 0 Å². The van der Waals surface area contributed by atoms with E-state index in [2.05, 4.69) is 71.1 Å². The molecule has 3 aromatic carbocycles. The van der Waals surface area contributed by atoms with Gasteiger partial charge >= 0.3 is 0 Å². The molecule has 0 spiro atoms. The van der Waals surface area contributed by atoms with Gasteiger partial charge in [-0.05, 0) is 25.0 Å². The third-order valence-electron chi connectivity index (χ3n) is 5.53. The highest BCUT2D eigenvalue weighted by atomic mass is 16.1. The highest BCUT2D eigenvalue weighted by Gasteiger charge is 2.18. The zero-order valence-electron chi connectivity index (χ0n) is 17.3. The number of H-pyrrole nitrogens is 1. The highest BCUT2D eigenvalue weighted by molar-refractivity contribution is 5.83. The molecule has 4 heteroatoms. The lowest BCUT2D eigenvalue weighted by atomic mass is 9.98. The van der Waals surface area contributed by atoms with Crippen LogP contribution in [0.15, 0.2) is 85.1 Å². The number of benzene rings is 3. The lowest BCUT2D eigenvalue weighted by molar-refractivity contribution is -0.676. The zero-order chi connectivity index (χ0) is 20.8. The average Bonchev–Trinajstić information content (AvgIpc) is 3.19. The smallest absolute Gasteiger partial charge is 0.275 e. The molecule has 0 radical (unpaired) electrons. The summed E-state index contributed by atoms with van der Waals surface area (Å²) in [6.45, 7) is 3.11. The number of amides is 1. The Bertz CT molecular complexity index is 1100. The van der Waals surface area contributed by atoms with Crippen LogP contribution >= 0.6 is 0 Å². The Labute approximate surface area is 177 Å². The first-order chi connectivity index (χ1) is 14.7. The molecule has 0 aliphatic carbocycles. The number of fused-ring (bicyclic) bond motifs is 1. The van der Waals surface area contributed by atoms with E-state index < -0.39 is 0 Å². The minimum atomic E-state index is 0.0582. The third kappa shape index (κ3) is 4.78. The van der Waals surface area contributed by atoms with Gasteiger partial charge in [-0.15, -0.1) is 0 Å². The Balaban J connectivity index is 1.35. The van der Waals surface area contributed by atoms with Crippen LogP contribution in [0.25, 0.3) is 10.9 Å². The number of aryl methyl sites for hydroxylation is 1. The van der Waals surface area contributed by atoms with Crippen molar-refractivity contribution in [3.05, 3.63) is 107 Å². The second kappa shape index (κ2) is 9.42. The molecule has 0 fully saturated rings. The lowest BCUT2D eigenvalue weighted by Gasteiger charge is -2.17. The normalized spacial score (nSPS) is 12.0. The molecule has 0 unspecified atom stereocenters. The summed E-state index contributed by atoms with van der Waals surface area (Å²) >= 11 is 0. The van der Waals surface area contributed by atoms with Crippen molar-refractivity contribution in [2.45, 2.75) is 19.4 Å². The zero-order valence-corrected chi connectivity index (χ0v) is 17.3. The Hall–Kier alpha value is -3.37. The predicted molar refractivity (Wildman–Crippen MR) is 121 cm³/mol. The fourth-order valence-electron chi connectivity index (χ4n) is 3.87. The maximum atomic E-state index is 12.5. The largest absolute Gasteiger partial charge is 0.361 e. The van der Waals surface area contributed by atoms with Crippen molar-refractivity contribution in [3.8, 4) is 0 Å². The van der Waals surface area contributed by atoms with E-state index in [4.69, 9.17) is 0 Å². The van der Waals surface area contributed by atoms with E-state index in [1.807, 2.05) is 36.5 Å². The molecule has 0 saturated heterocycles. The van der Waals surface area contributed by atoms with Gasteiger partial charge < -0.3 is 15.6 Å². The number of hydrogen-bond donors (Lipinski definition) is 3. The fourth-order valence-corrected chi connectivity index (χ4v) is 3.87. The fraction of sp³-hybridized carbons (Fsp3) is 0.192. The number of aromatic amines is 1. The molecule has 0 aliphatic rings. The molecule has 4 aromatic rings. The van der Waals surface area contributed by atoms with Gasteiger partial charge in [0, 0.05) is 34.8 Å². The lowest BCUT2D eigenvalue weighted by Crippen LogP contribution is -2.87. The topological polar surface area (TPSA) is 61.5 Å². The van der Waals surface area contributed by atoms with Crippen LogP contribution in [0.4, 0.5) is 0 Å². The summed E-state index contributed by atoms with van der Waals surface area (Å²) in [6.07, 6.45) is 2.85. The number of hydrogen-bond acceptors (Lipinski definition) is 1. The van der Waals surface area contributed by atoms with Crippen molar-refractivity contribution in [1.29, 1.82) is 0 Å². The number of nitrogens with two attached hydrogens (primary N) is 1. The van der Waals surface area contributed by atoms with Crippen LogP contribution in [0.5, 0.6) is 0 Å². The predicted octanol–water partition coefficient (Wildman–Crippen LogP) is 3.49. The molecule has 4 N–H and O–H groups in total. The van der Waals surface area contributed by atoms with Crippen molar-refractivity contribution in [3.63, 3.8) is 0 Å². The van der Waals surface area contributed by atoms with Crippen LogP contribution in [0, 0.1) is 6.92 Å². The monoisotopic (exact) mass is 398 g/mol. The van der Waals surface area contributed by atoms with Crippen molar-refractivity contribution in [2.75, 3.05) is 13.1 Å². The average molecular weight is 399 g/mol. The van der Waals surface area contributed by atoms with E-state index in [1.54, 1.807) is 0 Å². The Kier molecular flexibility index (Phi) is 6.26. The van der Waals surface area contributed by atoms with E-state index >= 15 is 0 Å². The Morgan fingerprint density at radius 3 is 2.43 bits per heavy atom. The first-order valence-corrected chi connectivity index (χ1v) is 10.5. The first-order valence-electron chi connectivity index (χ1n) is 10.5. The van der Waals surface area contributed by atoms with E-state index in [-0.39, 0.29) is 11.9 Å². The molecule has 4 rings (SSSR count). The van der Waals surface area contributed by atoms with Crippen molar-refractivity contribution < 1.29 is 10.1 Å². The molecule has 0 aliphatic heterocycles. The Morgan fingerprint density at radius 1 is 0.933 bits per heavy atom. The molecule has 1 amide bonds. The summed E-state index contributed by atoms with van der Waals surface area (Å²) in [4.78, 5) is 15.8. The van der Waals surface area contributed by atoms with Crippen LogP contribution in [-0.2, 0) is 11.2 Å². The summed E-state index contributed by atoms with van der Waals surface area (Å²) in [5, 5.41) is 6.41. The van der Waals surface area contributed by atoms with E-state index in [1.165, 1.54) is 27.6 Å². The summed E-state index contributed by atoms with van der Waals surface area (Å²) in [5.74, 6) is 0.0582. The van der Waals surface area contributed by atoms with Crippen LogP contribution in [0.3, 0.4) is 0 Å². The van der Waals surface area contributed by atoms with Gasteiger partial charge in [0.15, 0.2) is 6.54 Å². The van der Waals surface area contributed by atoms with Crippen LogP contribution in [0.2, 0.25) is 0 Å². The van der Waals surface area contributed by atoms with Crippen molar-refractivity contribution in [2.24, 2.45) is 0 Å². The second-order valence-electron chi connectivity index (χ2n) is 7.70. The standard InChI is InChI=1S/C26H27N3O/c1-19-11-13-21(14-12-19)26(20-7-3-2-4-8-20)29-18-25(30)27-16-15-22-17-28-24-10-6-5-9-23(22)24/h2-14,17,26,28-29H,15-16,18H2,1H3,(H,27,30)/p+1/t26-/m0/s1. The van der Waals surface area contributed by atoms with Crippen molar-refractivity contribution >= 4 is 16.8 Å². The van der Waals surface area contributed by atoms with Gasteiger partial charge in [-0.25, -0.2) is 0 Å². The summed E-state index contributed by atoms with van der Waals surface area (Å²) in [7, 11) is 0. The molecule has 30 heavy (non-hydrogen) atoms. The van der Waals surface area contributed by atoms with Gasteiger partial charge in [0.25, 0.3) is 5.91 Å². The quantitative estimate of drug-likeness (QED) is 0.418. The molecular formula is C26H28N3O+. The number of carbonyl (C=O) groups is 1. The number of carbonyl (C=O) groups excluding carboxylic acids is 1. The number of para-hydroxylation sites is 1. The number of aromatic nitrogens is 1. The molecular weight excluding hydrogens is 370 g/mol. The molecule has 1 heterocycles. The van der Waals surface area contributed by atoms with Gasteiger partial charge in [0.2, 0.25) is 0 Å². The summed E-state index contributed by atoms with van der Waals surface area (Å²) < 4.78 is 0. The van der Waals surface area contributed by atoms with Gasteiger partial charge in [0.1, 0.15) is 6.04 Å². The van der Waals surface area contributed by atoms with Crippen LogP contribution < -0.4 is 10.6 Å². The third-order valence-corrected chi connectivity index (χ3v) is 5.53. The Morgan fingerprint density at radius 2 is 1.63 bits per heavy atom. The maximum absolute atomic E-state index is 12.5. The van der Waals surface area contributed by atoms with Crippen LogP contribution in [-0.4, -0.2) is 24.0 Å². The minimum Gasteiger partial charge on any atom is -0.361 e. The molecule has 0 saturated carbocycles. The highest BCUT2D eigenvalue weighted by Crippen LogP contribution is 2.19. The first kappa shape index (κ1) is 19.9. The van der Waals surface area contributed by atoms with Gasteiger partial charge in [0.05, 0.1) is 0 Å². The SMILES string of the molecule is Cc1ccc([C@@H]([NH2+]CC(=O)NCCc2c[nH]c3ccccc23)c2ccccc2)cc1. The number of rotatable bonds is 8.